The first-order valence-electron chi connectivity index (χ1n) is 20.5. The highest BCUT2D eigenvalue weighted by atomic mass is 16.7. The predicted octanol–water partition coefficient (Wildman–Crippen LogP) is 4.86. The van der Waals surface area contributed by atoms with Gasteiger partial charge in [0.05, 0.1) is 32.5 Å². The molecule has 6 N–H and O–H groups in total. The van der Waals surface area contributed by atoms with Crippen molar-refractivity contribution in [3.8, 4) is 11.3 Å². The van der Waals surface area contributed by atoms with Crippen LogP contribution < -0.4 is 27.1 Å². The minimum absolute atomic E-state index is 0.0229. The zero-order valence-electron chi connectivity index (χ0n) is 37.8. The highest BCUT2D eigenvalue weighted by molar-refractivity contribution is 5.86. The molecule has 0 aliphatic heterocycles. The van der Waals surface area contributed by atoms with E-state index in [2.05, 4.69) is 26.4 Å². The monoisotopic (exact) mass is 877 g/mol. The molecule has 0 radical (unpaired) electrons. The Balaban J connectivity index is 2.15. The maximum Gasteiger partial charge on any atom is 0.410 e. The van der Waals surface area contributed by atoms with E-state index in [1.807, 2.05) is 48.5 Å². The zero-order valence-corrected chi connectivity index (χ0v) is 37.8. The fraction of sp³-hybridized carbons (Fsp3) is 0.489. The number of nitrogens with two attached hydrogens (primary N) is 1. The van der Waals surface area contributed by atoms with Crippen molar-refractivity contribution in [2.75, 3.05) is 27.6 Å². The summed E-state index contributed by atoms with van der Waals surface area (Å²) in [5.41, 5.74) is 10.1. The average molecular weight is 878 g/mol. The van der Waals surface area contributed by atoms with Crippen molar-refractivity contribution in [2.45, 2.75) is 98.6 Å². The molecule has 3 aromatic rings. The number of methoxy groups -OCH3 is 2. The molecular formula is C45H63N7O11. The highest BCUT2D eigenvalue weighted by Crippen LogP contribution is 2.24. The molecule has 0 fully saturated rings. The number of alkyl carbamates (subject to hydrolysis) is 3. The van der Waals surface area contributed by atoms with Crippen LogP contribution in [0, 0.1) is 16.7 Å². The number of benzene rings is 2. The third-order valence-electron chi connectivity index (χ3n) is 9.78. The van der Waals surface area contributed by atoms with Crippen molar-refractivity contribution in [2.24, 2.45) is 22.5 Å². The minimum atomic E-state index is -1.30. The van der Waals surface area contributed by atoms with Gasteiger partial charge in [0.15, 0.2) is 0 Å². The molecule has 18 heteroatoms. The highest BCUT2D eigenvalue weighted by Gasteiger charge is 2.40. The number of rotatable bonds is 19. The van der Waals surface area contributed by atoms with Crippen LogP contribution in [0.5, 0.6) is 0 Å². The van der Waals surface area contributed by atoms with Crippen LogP contribution in [0.25, 0.3) is 11.3 Å². The first-order valence-corrected chi connectivity index (χ1v) is 20.5. The average Bonchev–Trinajstić information content (AvgIpc) is 3.23. The topological polar surface area (TPSA) is 239 Å². The molecule has 0 unspecified atom stereocenters. The molecule has 3 rings (SSSR count). The van der Waals surface area contributed by atoms with Crippen molar-refractivity contribution < 1.29 is 52.5 Å². The maximum atomic E-state index is 14.3. The Morgan fingerprint density at radius 2 is 1.29 bits per heavy atom. The van der Waals surface area contributed by atoms with Crippen molar-refractivity contribution in [1.82, 2.24) is 31.4 Å². The molecule has 0 aliphatic rings. The van der Waals surface area contributed by atoms with Gasteiger partial charge in [0.25, 0.3) is 5.91 Å². The van der Waals surface area contributed by atoms with Gasteiger partial charge in [0.2, 0.25) is 6.79 Å². The summed E-state index contributed by atoms with van der Waals surface area (Å²) in [5, 5.41) is 9.41. The van der Waals surface area contributed by atoms with Crippen LogP contribution in [-0.4, -0.2) is 104 Å². The summed E-state index contributed by atoms with van der Waals surface area (Å²) < 4.78 is 26.3. The third kappa shape index (κ3) is 16.8. The minimum Gasteiger partial charge on any atom is -0.457 e. The number of ether oxygens (including phenoxy) is 5. The molecule has 18 nitrogen and oxygen atoms in total. The van der Waals surface area contributed by atoms with E-state index in [0.29, 0.717) is 11.1 Å². The Kier molecular flexibility index (Phi) is 19.3. The standard InChI is InChI=1S/C45H63N7O11/c1-28(2)35(46)39(54)61-27-62-43(58)48-33(24-29-16-12-11-13-17-29)34(63-40(55)37(45(6,7)8)50-42(57)60-10)26-52(51-38(53)36(44(3,4)5)49-41(56)59-9)25-30-19-21-31(22-20-30)32-18-14-15-23-47-32/h11-23,28,33-37H,24-27,46H2,1-10H3,(H,48,58)(H,49,56)(H,50,57)(H,51,53)/t33-,34-,35-,36+,37+/m0/s1. The van der Waals surface area contributed by atoms with Gasteiger partial charge in [-0.2, -0.15) is 0 Å². The van der Waals surface area contributed by atoms with Crippen LogP contribution in [0.15, 0.2) is 79.0 Å². The normalized spacial score (nSPS) is 13.9. The Morgan fingerprint density at radius 1 is 0.698 bits per heavy atom. The summed E-state index contributed by atoms with van der Waals surface area (Å²) >= 11 is 0. The van der Waals surface area contributed by atoms with Gasteiger partial charge in [0.1, 0.15) is 24.2 Å². The van der Waals surface area contributed by atoms with Crippen LogP contribution in [0.2, 0.25) is 0 Å². The number of hydrazine groups is 1. The second-order valence-electron chi connectivity index (χ2n) is 17.3. The Hall–Kier alpha value is -6.27. The van der Waals surface area contributed by atoms with Gasteiger partial charge in [0, 0.05) is 18.3 Å². The third-order valence-corrected chi connectivity index (χ3v) is 9.78. The molecule has 1 heterocycles. The number of carbonyl (C=O) groups is 6. The summed E-state index contributed by atoms with van der Waals surface area (Å²) in [7, 11) is 2.34. The molecule has 1 aromatic heterocycles. The van der Waals surface area contributed by atoms with E-state index >= 15 is 0 Å². The number of esters is 2. The number of hydrogen-bond acceptors (Lipinski definition) is 14. The molecule has 5 atom stereocenters. The lowest BCUT2D eigenvalue weighted by molar-refractivity contribution is -0.159. The number of nitrogens with zero attached hydrogens (tertiary/aromatic N) is 2. The lowest BCUT2D eigenvalue weighted by Gasteiger charge is -2.37. The van der Waals surface area contributed by atoms with E-state index in [0.717, 1.165) is 18.4 Å². The van der Waals surface area contributed by atoms with Crippen molar-refractivity contribution >= 4 is 36.1 Å². The van der Waals surface area contributed by atoms with Crippen molar-refractivity contribution in [3.05, 3.63) is 90.1 Å². The molecule has 0 saturated heterocycles. The van der Waals surface area contributed by atoms with Crippen LogP contribution in [0.1, 0.15) is 66.5 Å². The second-order valence-corrected chi connectivity index (χ2v) is 17.3. The number of hydrogen-bond donors (Lipinski definition) is 5. The van der Waals surface area contributed by atoms with Gasteiger partial charge in [-0.1, -0.05) is 116 Å². The SMILES string of the molecule is COC(=O)N[C@H](C(=O)NN(Cc1ccc(-c2ccccn2)cc1)C[C@H](OC(=O)[C@@H](NC(=O)OC)C(C)(C)C)[C@H](Cc1ccccc1)NC(=O)OCOC(=O)[C@@H](N)C(C)C)C(C)(C)C. The first kappa shape index (κ1) is 51.1. The number of pyridine rings is 1. The van der Waals surface area contributed by atoms with E-state index < -0.39 is 84.0 Å². The molecule has 0 bridgehead atoms. The predicted molar refractivity (Wildman–Crippen MR) is 233 cm³/mol. The lowest BCUT2D eigenvalue weighted by atomic mass is 9.86. The number of aromatic nitrogens is 1. The lowest BCUT2D eigenvalue weighted by Crippen LogP contribution is -2.60. The largest absolute Gasteiger partial charge is 0.457 e. The van der Waals surface area contributed by atoms with Gasteiger partial charge < -0.3 is 45.4 Å². The molecule has 0 saturated carbocycles. The fourth-order valence-corrected chi connectivity index (χ4v) is 6.09. The summed E-state index contributed by atoms with van der Waals surface area (Å²) in [6, 6.07) is 17.6. The quantitative estimate of drug-likeness (QED) is 0.0468. The number of nitrogens with one attached hydrogen (secondary N) is 4. The van der Waals surface area contributed by atoms with Gasteiger partial charge in [-0.25, -0.2) is 24.2 Å². The maximum absolute atomic E-state index is 14.3. The zero-order chi connectivity index (χ0) is 46.9. The van der Waals surface area contributed by atoms with E-state index in [9.17, 15) is 28.8 Å². The molecule has 344 valence electrons. The first-order chi connectivity index (χ1) is 29.6. The molecule has 0 spiro atoms. The number of amides is 4. The second kappa shape index (κ2) is 23.8. The van der Waals surface area contributed by atoms with Crippen LogP contribution in [0.3, 0.4) is 0 Å². The van der Waals surface area contributed by atoms with Crippen molar-refractivity contribution in [3.63, 3.8) is 0 Å². The van der Waals surface area contributed by atoms with Crippen LogP contribution in [-0.2, 0) is 51.0 Å². The van der Waals surface area contributed by atoms with E-state index in [1.54, 1.807) is 85.9 Å². The van der Waals surface area contributed by atoms with Gasteiger partial charge >= 0.3 is 30.2 Å². The van der Waals surface area contributed by atoms with Gasteiger partial charge in [-0.15, -0.1) is 0 Å². The van der Waals surface area contributed by atoms with E-state index in [-0.39, 0.29) is 25.4 Å². The summed E-state index contributed by atoms with van der Waals surface area (Å²) in [6.45, 7) is 12.9. The fourth-order valence-electron chi connectivity index (χ4n) is 6.09. The van der Waals surface area contributed by atoms with Gasteiger partial charge in [-0.3, -0.25) is 20.0 Å². The van der Waals surface area contributed by atoms with E-state index in [4.69, 9.17) is 29.4 Å². The molecule has 2 aromatic carbocycles. The molecular weight excluding hydrogens is 815 g/mol. The number of carbonyl (C=O) groups excluding carboxylic acids is 6. The molecule has 4 amide bonds. The smallest absolute Gasteiger partial charge is 0.410 e. The summed E-state index contributed by atoms with van der Waals surface area (Å²) in [4.78, 5) is 83.9. The van der Waals surface area contributed by atoms with Crippen molar-refractivity contribution in [1.29, 1.82) is 0 Å². The summed E-state index contributed by atoms with van der Waals surface area (Å²) in [5.74, 6) is -2.52. The molecule has 0 aliphatic carbocycles. The van der Waals surface area contributed by atoms with E-state index in [1.165, 1.54) is 12.1 Å². The molecule has 63 heavy (non-hydrogen) atoms. The van der Waals surface area contributed by atoms with Crippen LogP contribution in [0.4, 0.5) is 14.4 Å². The Morgan fingerprint density at radius 3 is 1.83 bits per heavy atom. The Bertz CT molecular complexity index is 1950. The Labute approximate surface area is 369 Å². The van der Waals surface area contributed by atoms with Crippen LogP contribution >= 0.6 is 0 Å². The summed E-state index contributed by atoms with van der Waals surface area (Å²) in [6.07, 6.45) is -2.30. The van der Waals surface area contributed by atoms with Gasteiger partial charge in [-0.05, 0) is 46.4 Å².